The number of rotatable bonds is 2. The fourth-order valence-corrected chi connectivity index (χ4v) is 4.61. The third-order valence-electron chi connectivity index (χ3n) is 3.60. The summed E-state index contributed by atoms with van der Waals surface area (Å²) in [6.45, 7) is 1.74. The highest BCUT2D eigenvalue weighted by molar-refractivity contribution is 7.91. The van der Waals surface area contributed by atoms with E-state index < -0.39 is 21.3 Å². The lowest BCUT2D eigenvalue weighted by Gasteiger charge is -2.23. The van der Waals surface area contributed by atoms with Gasteiger partial charge in [0.1, 0.15) is 5.69 Å². The maximum Gasteiger partial charge on any atom is 0.271 e. The van der Waals surface area contributed by atoms with Crippen molar-refractivity contribution < 1.29 is 13.2 Å². The van der Waals surface area contributed by atoms with Crippen LogP contribution in [0.15, 0.2) is 30.5 Å². The quantitative estimate of drug-likeness (QED) is 0.892. The first-order valence-electron chi connectivity index (χ1n) is 6.62. The van der Waals surface area contributed by atoms with E-state index in [-0.39, 0.29) is 17.2 Å². The molecular formula is C14H15N3O3S. The molecule has 2 heterocycles. The van der Waals surface area contributed by atoms with Gasteiger partial charge in [-0.1, -0.05) is 12.1 Å². The van der Waals surface area contributed by atoms with Gasteiger partial charge < -0.3 is 5.32 Å². The zero-order valence-corrected chi connectivity index (χ0v) is 12.4. The Kier molecular flexibility index (Phi) is 3.16. The van der Waals surface area contributed by atoms with E-state index >= 15 is 0 Å². The van der Waals surface area contributed by atoms with Gasteiger partial charge in [0.05, 0.1) is 34.3 Å². The molecule has 1 N–H and O–H groups in total. The molecule has 0 saturated carbocycles. The molecule has 0 aliphatic carbocycles. The lowest BCUT2D eigenvalue weighted by Crippen LogP contribution is -2.47. The largest absolute Gasteiger partial charge is 0.344 e. The van der Waals surface area contributed by atoms with Gasteiger partial charge in [-0.25, -0.2) is 13.4 Å². The van der Waals surface area contributed by atoms with Crippen LogP contribution < -0.4 is 5.32 Å². The predicted molar refractivity (Wildman–Crippen MR) is 78.7 cm³/mol. The van der Waals surface area contributed by atoms with Crippen LogP contribution in [-0.2, 0) is 9.84 Å². The van der Waals surface area contributed by atoms with E-state index in [9.17, 15) is 13.2 Å². The maximum atomic E-state index is 12.3. The summed E-state index contributed by atoms with van der Waals surface area (Å²) in [4.78, 5) is 20.7. The highest BCUT2D eigenvalue weighted by Crippen LogP contribution is 2.23. The number of aromatic nitrogens is 2. The monoisotopic (exact) mass is 305 g/mol. The van der Waals surface area contributed by atoms with Crippen LogP contribution in [0.4, 0.5) is 0 Å². The normalized spacial score (nSPS) is 24.0. The van der Waals surface area contributed by atoms with Gasteiger partial charge in [-0.2, -0.15) is 0 Å². The third kappa shape index (κ3) is 2.87. The number of nitrogens with zero attached hydrogens (tertiary/aromatic N) is 2. The van der Waals surface area contributed by atoms with Crippen molar-refractivity contribution in [2.24, 2.45) is 0 Å². The Morgan fingerprint density at radius 3 is 2.67 bits per heavy atom. The molecule has 3 rings (SSSR count). The zero-order chi connectivity index (χ0) is 15.1. The van der Waals surface area contributed by atoms with Crippen LogP contribution in [0.3, 0.4) is 0 Å². The van der Waals surface area contributed by atoms with Gasteiger partial charge in [-0.05, 0) is 25.5 Å². The molecule has 1 fully saturated rings. The Hall–Kier alpha value is -2.02. The number of sulfone groups is 1. The lowest BCUT2D eigenvalue weighted by molar-refractivity contribution is 0.0910. The summed E-state index contributed by atoms with van der Waals surface area (Å²) in [5, 5.41) is 2.77. The molecule has 1 aromatic heterocycles. The summed E-state index contributed by atoms with van der Waals surface area (Å²) >= 11 is 0. The lowest BCUT2D eigenvalue weighted by atomic mass is 10.0. The van der Waals surface area contributed by atoms with Crippen LogP contribution in [0.25, 0.3) is 11.0 Å². The Balaban J connectivity index is 1.84. The molecule has 2 aromatic rings. The van der Waals surface area contributed by atoms with Crippen molar-refractivity contribution in [1.29, 1.82) is 0 Å². The molecule has 21 heavy (non-hydrogen) atoms. The minimum atomic E-state index is -3.07. The van der Waals surface area contributed by atoms with E-state index in [1.54, 1.807) is 13.0 Å². The van der Waals surface area contributed by atoms with E-state index in [1.165, 1.54) is 6.20 Å². The molecule has 1 amide bonds. The van der Waals surface area contributed by atoms with E-state index in [2.05, 4.69) is 15.3 Å². The number of carbonyl (C=O) groups is 1. The van der Waals surface area contributed by atoms with Crippen molar-refractivity contribution >= 4 is 26.8 Å². The average Bonchev–Trinajstić information content (AvgIpc) is 2.71. The van der Waals surface area contributed by atoms with Gasteiger partial charge in [0, 0.05) is 0 Å². The van der Waals surface area contributed by atoms with Crippen LogP contribution in [0.2, 0.25) is 0 Å². The number of benzene rings is 1. The number of nitrogens with one attached hydrogen (secondary N) is 1. The first kappa shape index (κ1) is 13.9. The van der Waals surface area contributed by atoms with Crippen LogP contribution in [-0.4, -0.2) is 41.3 Å². The number of para-hydroxylation sites is 2. The van der Waals surface area contributed by atoms with Crippen molar-refractivity contribution in [3.63, 3.8) is 0 Å². The topological polar surface area (TPSA) is 89.0 Å². The summed E-state index contributed by atoms with van der Waals surface area (Å²) in [6.07, 6.45) is 1.83. The molecule has 7 heteroatoms. The summed E-state index contributed by atoms with van der Waals surface area (Å²) in [5.74, 6) is -0.326. The number of hydrogen-bond acceptors (Lipinski definition) is 5. The SMILES string of the molecule is CC1(NC(=O)c2cnc3ccccc3n2)CCS(=O)(=O)C1. The van der Waals surface area contributed by atoms with Crippen LogP contribution in [0.1, 0.15) is 23.8 Å². The molecular weight excluding hydrogens is 290 g/mol. The third-order valence-corrected chi connectivity index (χ3v) is 5.50. The first-order chi connectivity index (χ1) is 9.87. The fourth-order valence-electron chi connectivity index (χ4n) is 2.51. The van der Waals surface area contributed by atoms with Gasteiger partial charge in [-0.15, -0.1) is 0 Å². The van der Waals surface area contributed by atoms with Crippen molar-refractivity contribution in [3.05, 3.63) is 36.2 Å². The molecule has 1 saturated heterocycles. The summed E-state index contributed by atoms with van der Waals surface area (Å²) in [7, 11) is -3.07. The Labute approximate surface area is 122 Å². The first-order valence-corrected chi connectivity index (χ1v) is 8.44. The fraction of sp³-hybridized carbons (Fsp3) is 0.357. The number of hydrogen-bond donors (Lipinski definition) is 1. The summed E-state index contributed by atoms with van der Waals surface area (Å²) in [6, 6.07) is 7.26. The number of amides is 1. The Bertz CT molecular complexity index is 819. The highest BCUT2D eigenvalue weighted by atomic mass is 32.2. The Morgan fingerprint density at radius 2 is 2.00 bits per heavy atom. The minimum Gasteiger partial charge on any atom is -0.344 e. The van der Waals surface area contributed by atoms with E-state index in [0.717, 1.165) is 0 Å². The van der Waals surface area contributed by atoms with Gasteiger partial charge in [0.15, 0.2) is 9.84 Å². The predicted octanol–water partition coefficient (Wildman–Crippen LogP) is 0.937. The molecule has 1 atom stereocenters. The number of carbonyl (C=O) groups excluding carboxylic acids is 1. The number of fused-ring (bicyclic) bond motifs is 1. The molecule has 6 nitrogen and oxygen atoms in total. The molecule has 110 valence electrons. The second-order valence-corrected chi connectivity index (χ2v) is 7.78. The van der Waals surface area contributed by atoms with Gasteiger partial charge in [-0.3, -0.25) is 9.78 Å². The second-order valence-electron chi connectivity index (χ2n) is 5.60. The van der Waals surface area contributed by atoms with Crippen molar-refractivity contribution in [2.45, 2.75) is 18.9 Å². The minimum absolute atomic E-state index is 0.0350. The summed E-state index contributed by atoms with van der Waals surface area (Å²) < 4.78 is 23.1. The van der Waals surface area contributed by atoms with Gasteiger partial charge >= 0.3 is 0 Å². The van der Waals surface area contributed by atoms with Crippen LogP contribution in [0.5, 0.6) is 0 Å². The molecule has 0 radical (unpaired) electrons. The van der Waals surface area contributed by atoms with Crippen molar-refractivity contribution in [3.8, 4) is 0 Å². The molecule has 1 aromatic carbocycles. The molecule has 1 aliphatic heterocycles. The highest BCUT2D eigenvalue weighted by Gasteiger charge is 2.39. The van der Waals surface area contributed by atoms with Crippen molar-refractivity contribution in [2.75, 3.05) is 11.5 Å². The van der Waals surface area contributed by atoms with E-state index in [0.29, 0.717) is 17.5 Å². The molecule has 1 aliphatic rings. The molecule has 0 spiro atoms. The zero-order valence-electron chi connectivity index (χ0n) is 11.5. The Morgan fingerprint density at radius 1 is 1.29 bits per heavy atom. The van der Waals surface area contributed by atoms with Crippen LogP contribution >= 0.6 is 0 Å². The van der Waals surface area contributed by atoms with Gasteiger partial charge in [0.2, 0.25) is 0 Å². The molecule has 0 bridgehead atoms. The van der Waals surface area contributed by atoms with E-state index in [1.807, 2.05) is 18.2 Å². The average molecular weight is 305 g/mol. The summed E-state index contributed by atoms with van der Waals surface area (Å²) in [5.41, 5.74) is 0.806. The standard InChI is InChI=1S/C14H15N3O3S/c1-14(6-7-21(19,20)9-14)17-13(18)12-8-15-10-4-2-3-5-11(10)16-12/h2-5,8H,6-7,9H2,1H3,(H,17,18). The van der Waals surface area contributed by atoms with Crippen molar-refractivity contribution in [1.82, 2.24) is 15.3 Å². The maximum absolute atomic E-state index is 12.3. The smallest absolute Gasteiger partial charge is 0.271 e. The second kappa shape index (κ2) is 4.77. The van der Waals surface area contributed by atoms with Gasteiger partial charge in [0.25, 0.3) is 5.91 Å². The van der Waals surface area contributed by atoms with Crippen LogP contribution in [0, 0.1) is 0 Å². The molecule has 1 unspecified atom stereocenters. The van der Waals surface area contributed by atoms with E-state index in [4.69, 9.17) is 0 Å².